The summed E-state index contributed by atoms with van der Waals surface area (Å²) in [5.41, 5.74) is 1.12. The van der Waals surface area contributed by atoms with Gasteiger partial charge in [-0.15, -0.1) is 0 Å². The monoisotopic (exact) mass is 194 g/mol. The Morgan fingerprint density at radius 3 is 2.21 bits per heavy atom. The number of hydrogen-bond acceptors (Lipinski definition) is 2. The van der Waals surface area contributed by atoms with E-state index >= 15 is 0 Å². The summed E-state index contributed by atoms with van der Waals surface area (Å²) in [6.07, 6.45) is 0.0887. The number of aromatic hydroxyl groups is 1. The van der Waals surface area contributed by atoms with E-state index in [-0.39, 0.29) is 11.9 Å². The number of ether oxygens (including phenoxy) is 1. The second-order valence-corrected chi connectivity index (χ2v) is 4.05. The molecule has 0 saturated heterocycles. The lowest BCUT2D eigenvalue weighted by atomic mass is 10.0. The molecule has 0 radical (unpaired) electrons. The fraction of sp³-hybridized carbons (Fsp3) is 0.500. The summed E-state index contributed by atoms with van der Waals surface area (Å²) >= 11 is 0. The van der Waals surface area contributed by atoms with Crippen molar-refractivity contribution in [3.05, 3.63) is 23.8 Å². The number of rotatable bonds is 3. The van der Waals surface area contributed by atoms with Gasteiger partial charge in [0.05, 0.1) is 6.10 Å². The smallest absolute Gasteiger partial charge is 0.161 e. The predicted octanol–water partition coefficient (Wildman–Crippen LogP) is 3.30. The maximum absolute atomic E-state index is 9.66. The van der Waals surface area contributed by atoms with E-state index in [1.807, 2.05) is 26.0 Å². The molecule has 0 spiro atoms. The van der Waals surface area contributed by atoms with E-state index in [1.165, 1.54) is 0 Å². The average molecular weight is 194 g/mol. The fourth-order valence-electron chi connectivity index (χ4n) is 1.25. The first-order chi connectivity index (χ1) is 6.50. The Balaban J connectivity index is 2.90. The van der Waals surface area contributed by atoms with E-state index in [4.69, 9.17) is 4.74 Å². The van der Waals surface area contributed by atoms with Crippen molar-refractivity contribution in [1.82, 2.24) is 0 Å². The first-order valence-corrected chi connectivity index (χ1v) is 5.00. The van der Waals surface area contributed by atoms with Gasteiger partial charge in [0.1, 0.15) is 0 Å². The van der Waals surface area contributed by atoms with Crippen LogP contribution >= 0.6 is 0 Å². The topological polar surface area (TPSA) is 29.5 Å². The molecule has 1 aromatic rings. The first-order valence-electron chi connectivity index (χ1n) is 5.00. The molecule has 78 valence electrons. The molecule has 0 atom stereocenters. The minimum Gasteiger partial charge on any atom is -0.504 e. The van der Waals surface area contributed by atoms with Gasteiger partial charge >= 0.3 is 0 Å². The van der Waals surface area contributed by atoms with E-state index in [9.17, 15) is 5.11 Å². The lowest BCUT2D eigenvalue weighted by Crippen LogP contribution is -2.05. The number of benzene rings is 1. The zero-order valence-corrected chi connectivity index (χ0v) is 9.24. The number of phenols is 1. The molecule has 0 saturated carbocycles. The molecule has 0 fully saturated rings. The van der Waals surface area contributed by atoms with Crippen molar-refractivity contribution >= 4 is 0 Å². The summed E-state index contributed by atoms with van der Waals surface area (Å²) < 4.78 is 5.43. The van der Waals surface area contributed by atoms with Gasteiger partial charge in [0.25, 0.3) is 0 Å². The minimum absolute atomic E-state index is 0.0887. The Morgan fingerprint density at radius 1 is 1.14 bits per heavy atom. The van der Waals surface area contributed by atoms with Crippen LogP contribution in [0.1, 0.15) is 39.2 Å². The second-order valence-electron chi connectivity index (χ2n) is 4.05. The van der Waals surface area contributed by atoms with Crippen molar-refractivity contribution in [1.29, 1.82) is 0 Å². The highest BCUT2D eigenvalue weighted by Gasteiger charge is 2.07. The van der Waals surface area contributed by atoms with Gasteiger partial charge in [-0.3, -0.25) is 0 Å². The maximum Gasteiger partial charge on any atom is 0.161 e. The van der Waals surface area contributed by atoms with Gasteiger partial charge in [-0.25, -0.2) is 0 Å². The number of phenolic OH excluding ortho intramolecular Hbond substituents is 1. The Morgan fingerprint density at radius 2 is 1.79 bits per heavy atom. The summed E-state index contributed by atoms with van der Waals surface area (Å²) in [7, 11) is 0. The molecule has 0 unspecified atom stereocenters. The van der Waals surface area contributed by atoms with Crippen LogP contribution in [-0.4, -0.2) is 11.2 Å². The van der Waals surface area contributed by atoms with Gasteiger partial charge in [-0.1, -0.05) is 19.9 Å². The molecule has 1 N–H and O–H groups in total. The molecule has 0 aliphatic rings. The molecular formula is C12H18O2. The molecule has 0 aliphatic heterocycles. The van der Waals surface area contributed by atoms with Crippen LogP contribution in [0.4, 0.5) is 0 Å². The van der Waals surface area contributed by atoms with Crippen LogP contribution < -0.4 is 4.74 Å². The van der Waals surface area contributed by atoms with E-state index in [0.717, 1.165) is 5.56 Å². The molecule has 0 amide bonds. The van der Waals surface area contributed by atoms with Gasteiger partial charge in [-0.05, 0) is 37.5 Å². The Kier molecular flexibility index (Phi) is 3.39. The Labute approximate surface area is 85.5 Å². The molecule has 0 aromatic heterocycles. The third-order valence-electron chi connectivity index (χ3n) is 2.01. The normalized spacial score (nSPS) is 11.0. The van der Waals surface area contributed by atoms with Gasteiger partial charge < -0.3 is 9.84 Å². The molecule has 0 aliphatic carbocycles. The van der Waals surface area contributed by atoms with Gasteiger partial charge in [0.2, 0.25) is 0 Å². The highest BCUT2D eigenvalue weighted by atomic mass is 16.5. The zero-order valence-electron chi connectivity index (χ0n) is 9.24. The van der Waals surface area contributed by atoms with Crippen LogP contribution in [0.3, 0.4) is 0 Å². The lowest BCUT2D eigenvalue weighted by molar-refractivity contribution is 0.231. The largest absolute Gasteiger partial charge is 0.504 e. The Hall–Kier alpha value is -1.18. The molecule has 2 nitrogen and oxygen atoms in total. The predicted molar refractivity (Wildman–Crippen MR) is 58.0 cm³/mol. The van der Waals surface area contributed by atoms with Crippen LogP contribution in [0.25, 0.3) is 0 Å². The summed E-state index contributed by atoms with van der Waals surface area (Å²) in [6, 6.07) is 5.58. The summed E-state index contributed by atoms with van der Waals surface area (Å²) in [5.74, 6) is 1.21. The molecular weight excluding hydrogens is 176 g/mol. The van der Waals surface area contributed by atoms with Gasteiger partial charge in [0.15, 0.2) is 11.5 Å². The van der Waals surface area contributed by atoms with E-state index in [0.29, 0.717) is 11.7 Å². The van der Waals surface area contributed by atoms with Crippen LogP contribution in [0, 0.1) is 0 Å². The van der Waals surface area contributed by atoms with Gasteiger partial charge in [0, 0.05) is 0 Å². The van der Waals surface area contributed by atoms with Crippen LogP contribution in [0.15, 0.2) is 18.2 Å². The summed E-state index contributed by atoms with van der Waals surface area (Å²) in [5, 5.41) is 9.66. The molecule has 0 heterocycles. The van der Waals surface area contributed by atoms with Crippen LogP contribution in [-0.2, 0) is 0 Å². The second kappa shape index (κ2) is 4.36. The van der Waals surface area contributed by atoms with Crippen molar-refractivity contribution in [2.24, 2.45) is 0 Å². The van der Waals surface area contributed by atoms with Crippen molar-refractivity contribution in [2.75, 3.05) is 0 Å². The van der Waals surface area contributed by atoms with E-state index < -0.39 is 0 Å². The third-order valence-corrected chi connectivity index (χ3v) is 2.01. The third kappa shape index (κ3) is 2.66. The molecule has 1 aromatic carbocycles. The standard InChI is InChI=1S/C12H18O2/c1-8(2)10-5-6-12(11(13)7-10)14-9(3)4/h5-9,13H,1-4H3. The van der Waals surface area contributed by atoms with E-state index in [1.54, 1.807) is 6.07 Å². The van der Waals surface area contributed by atoms with E-state index in [2.05, 4.69) is 13.8 Å². The van der Waals surface area contributed by atoms with Crippen LogP contribution in [0.5, 0.6) is 11.5 Å². The molecule has 2 heteroatoms. The molecule has 1 rings (SSSR count). The molecule has 0 bridgehead atoms. The number of hydrogen-bond donors (Lipinski definition) is 1. The minimum atomic E-state index is 0.0887. The van der Waals surface area contributed by atoms with Crippen molar-refractivity contribution in [3.63, 3.8) is 0 Å². The summed E-state index contributed by atoms with van der Waals surface area (Å²) in [6.45, 7) is 8.07. The van der Waals surface area contributed by atoms with Crippen LogP contribution in [0.2, 0.25) is 0 Å². The van der Waals surface area contributed by atoms with Crippen molar-refractivity contribution in [2.45, 2.75) is 39.7 Å². The van der Waals surface area contributed by atoms with Crippen molar-refractivity contribution in [3.8, 4) is 11.5 Å². The molecule has 14 heavy (non-hydrogen) atoms. The van der Waals surface area contributed by atoms with Gasteiger partial charge in [-0.2, -0.15) is 0 Å². The summed E-state index contributed by atoms with van der Waals surface area (Å²) in [4.78, 5) is 0. The quantitative estimate of drug-likeness (QED) is 0.800. The SMILES string of the molecule is CC(C)Oc1ccc(C(C)C)cc1O. The zero-order chi connectivity index (χ0) is 10.7. The maximum atomic E-state index is 9.66. The fourth-order valence-corrected chi connectivity index (χ4v) is 1.25. The highest BCUT2D eigenvalue weighted by Crippen LogP contribution is 2.30. The first kappa shape index (κ1) is 10.9. The average Bonchev–Trinajstić information content (AvgIpc) is 2.07. The van der Waals surface area contributed by atoms with Crippen molar-refractivity contribution < 1.29 is 9.84 Å². The lowest BCUT2D eigenvalue weighted by Gasteiger charge is -2.13. The highest BCUT2D eigenvalue weighted by molar-refractivity contribution is 5.42. The Bertz CT molecular complexity index is 303.